The van der Waals surface area contributed by atoms with E-state index in [2.05, 4.69) is 11.4 Å². The van der Waals surface area contributed by atoms with Crippen molar-refractivity contribution in [3.8, 4) is 22.9 Å². The molecule has 0 aliphatic rings. The third-order valence-electron chi connectivity index (χ3n) is 3.93. The molecule has 0 bridgehead atoms. The molecular weight excluding hydrogens is 356 g/mol. The van der Waals surface area contributed by atoms with Crippen molar-refractivity contribution in [2.24, 2.45) is 0 Å². The quantitative estimate of drug-likeness (QED) is 0.619. The largest absolute Gasteiger partial charge is 0.484 e. The Morgan fingerprint density at radius 3 is 2.33 bits per heavy atom. The van der Waals surface area contributed by atoms with Gasteiger partial charge in [0.15, 0.2) is 6.61 Å². The van der Waals surface area contributed by atoms with Crippen LogP contribution in [0.2, 0.25) is 0 Å². The number of anilines is 1. The fraction of sp³-hybridized carbons (Fsp3) is 0.0909. The van der Waals surface area contributed by atoms with Gasteiger partial charge in [0.05, 0.1) is 11.6 Å². The maximum absolute atomic E-state index is 12.1. The van der Waals surface area contributed by atoms with Gasteiger partial charge in [-0.15, -0.1) is 11.8 Å². The molecule has 0 unspecified atom stereocenters. The number of thioether (sulfide) groups is 1. The summed E-state index contributed by atoms with van der Waals surface area (Å²) in [5.74, 6) is 0.421. The molecule has 0 aliphatic carbocycles. The number of rotatable bonds is 6. The normalized spacial score (nSPS) is 10.1. The van der Waals surface area contributed by atoms with Gasteiger partial charge < -0.3 is 10.1 Å². The Bertz CT molecular complexity index is 961. The predicted molar refractivity (Wildman–Crippen MR) is 109 cm³/mol. The van der Waals surface area contributed by atoms with Crippen molar-refractivity contribution in [2.45, 2.75) is 4.90 Å². The summed E-state index contributed by atoms with van der Waals surface area (Å²) in [7, 11) is 0. The highest BCUT2D eigenvalue weighted by Crippen LogP contribution is 2.23. The average Bonchev–Trinajstić information content (AvgIpc) is 2.73. The second-order valence-corrected chi connectivity index (χ2v) is 6.66. The summed E-state index contributed by atoms with van der Waals surface area (Å²) < 4.78 is 5.56. The number of hydrogen-bond acceptors (Lipinski definition) is 4. The van der Waals surface area contributed by atoms with Gasteiger partial charge in [-0.2, -0.15) is 5.26 Å². The molecule has 0 radical (unpaired) electrons. The van der Waals surface area contributed by atoms with Crippen LogP contribution in [0, 0.1) is 11.3 Å². The molecule has 3 aromatic carbocycles. The van der Waals surface area contributed by atoms with Crippen molar-refractivity contribution in [3.05, 3.63) is 78.4 Å². The van der Waals surface area contributed by atoms with Crippen molar-refractivity contribution in [1.29, 1.82) is 5.26 Å². The minimum absolute atomic E-state index is 0.0558. The molecule has 3 rings (SSSR count). The van der Waals surface area contributed by atoms with Gasteiger partial charge in [-0.1, -0.05) is 30.3 Å². The van der Waals surface area contributed by atoms with Gasteiger partial charge in [0.1, 0.15) is 5.75 Å². The molecule has 4 nitrogen and oxygen atoms in total. The highest BCUT2D eigenvalue weighted by molar-refractivity contribution is 7.98. The third kappa shape index (κ3) is 5.13. The SMILES string of the molecule is CSc1cccc(NC(=O)COc2ccc(-c3ccc(C#N)cc3)cc2)c1. The fourth-order valence-electron chi connectivity index (χ4n) is 2.53. The molecule has 27 heavy (non-hydrogen) atoms. The number of benzene rings is 3. The molecule has 0 atom stereocenters. The van der Waals surface area contributed by atoms with E-state index >= 15 is 0 Å². The van der Waals surface area contributed by atoms with Crippen molar-refractivity contribution >= 4 is 23.4 Å². The summed E-state index contributed by atoms with van der Waals surface area (Å²) in [6.07, 6.45) is 1.99. The zero-order valence-corrected chi connectivity index (χ0v) is 15.6. The number of nitrogens with zero attached hydrogens (tertiary/aromatic N) is 1. The van der Waals surface area contributed by atoms with Crippen LogP contribution in [0.4, 0.5) is 5.69 Å². The Morgan fingerprint density at radius 2 is 1.70 bits per heavy atom. The summed E-state index contributed by atoms with van der Waals surface area (Å²) in [6.45, 7) is -0.0558. The minimum Gasteiger partial charge on any atom is -0.484 e. The topological polar surface area (TPSA) is 62.1 Å². The first kappa shape index (κ1) is 18.6. The molecule has 3 aromatic rings. The molecule has 0 aliphatic heterocycles. The molecular formula is C22H18N2O2S. The van der Waals surface area contributed by atoms with Gasteiger partial charge in [-0.25, -0.2) is 0 Å². The van der Waals surface area contributed by atoms with Crippen LogP contribution in [0.15, 0.2) is 77.7 Å². The lowest BCUT2D eigenvalue weighted by atomic mass is 10.0. The summed E-state index contributed by atoms with van der Waals surface area (Å²) in [5, 5.41) is 11.7. The number of nitriles is 1. The second-order valence-electron chi connectivity index (χ2n) is 5.78. The van der Waals surface area contributed by atoms with E-state index < -0.39 is 0 Å². The van der Waals surface area contributed by atoms with Crippen LogP contribution in [-0.2, 0) is 4.79 Å². The zero-order chi connectivity index (χ0) is 19.1. The van der Waals surface area contributed by atoms with Crippen LogP contribution in [0.1, 0.15) is 5.56 Å². The fourth-order valence-corrected chi connectivity index (χ4v) is 2.99. The second kappa shape index (κ2) is 8.93. The number of carbonyl (C=O) groups excluding carboxylic acids is 1. The molecule has 0 fully saturated rings. The molecule has 0 saturated carbocycles. The Morgan fingerprint density at radius 1 is 1.04 bits per heavy atom. The van der Waals surface area contributed by atoms with E-state index in [1.807, 2.05) is 66.9 Å². The maximum Gasteiger partial charge on any atom is 0.262 e. The first-order chi connectivity index (χ1) is 13.2. The van der Waals surface area contributed by atoms with Crippen molar-refractivity contribution in [2.75, 3.05) is 18.2 Å². The van der Waals surface area contributed by atoms with Crippen molar-refractivity contribution in [3.63, 3.8) is 0 Å². The summed E-state index contributed by atoms with van der Waals surface area (Å²) >= 11 is 1.62. The van der Waals surface area contributed by atoms with Gasteiger partial charge in [0.2, 0.25) is 0 Å². The lowest BCUT2D eigenvalue weighted by molar-refractivity contribution is -0.118. The van der Waals surface area contributed by atoms with Crippen LogP contribution in [-0.4, -0.2) is 18.8 Å². The Hall–Kier alpha value is -3.23. The van der Waals surface area contributed by atoms with Gasteiger partial charge in [-0.3, -0.25) is 4.79 Å². The molecule has 5 heteroatoms. The molecule has 1 N–H and O–H groups in total. The molecule has 1 amide bonds. The lowest BCUT2D eigenvalue weighted by Gasteiger charge is -2.09. The summed E-state index contributed by atoms with van der Waals surface area (Å²) in [4.78, 5) is 13.2. The highest BCUT2D eigenvalue weighted by atomic mass is 32.2. The van der Waals surface area contributed by atoms with Crippen LogP contribution in [0.5, 0.6) is 5.75 Å². The number of amides is 1. The number of nitrogens with one attached hydrogen (secondary N) is 1. The predicted octanol–water partition coefficient (Wildman–Crippen LogP) is 4.96. The number of ether oxygens (including phenoxy) is 1. The first-order valence-electron chi connectivity index (χ1n) is 8.35. The molecule has 134 valence electrons. The van der Waals surface area contributed by atoms with Gasteiger partial charge in [0.25, 0.3) is 5.91 Å². The average molecular weight is 374 g/mol. The summed E-state index contributed by atoms with van der Waals surface area (Å²) in [6, 6.07) is 24.7. The monoisotopic (exact) mass is 374 g/mol. The van der Waals surface area contributed by atoms with E-state index in [4.69, 9.17) is 10.00 Å². The third-order valence-corrected chi connectivity index (χ3v) is 4.65. The van der Waals surface area contributed by atoms with E-state index in [0.29, 0.717) is 11.3 Å². The Kier molecular flexibility index (Phi) is 6.14. The standard InChI is InChI=1S/C22H18N2O2S/c1-27-21-4-2-3-19(13-21)24-22(25)15-26-20-11-9-18(10-12-20)17-7-5-16(14-23)6-8-17/h2-13H,15H2,1H3,(H,24,25). The van der Waals surface area contributed by atoms with Crippen LogP contribution in [0.25, 0.3) is 11.1 Å². The van der Waals surface area contributed by atoms with Crippen molar-refractivity contribution < 1.29 is 9.53 Å². The maximum atomic E-state index is 12.1. The Labute approximate surface area is 162 Å². The van der Waals surface area contributed by atoms with Crippen molar-refractivity contribution in [1.82, 2.24) is 0 Å². The van der Waals surface area contributed by atoms with Crippen LogP contribution < -0.4 is 10.1 Å². The summed E-state index contributed by atoms with van der Waals surface area (Å²) in [5.41, 5.74) is 3.43. The highest BCUT2D eigenvalue weighted by Gasteiger charge is 2.05. The minimum atomic E-state index is -0.204. The number of carbonyl (C=O) groups is 1. The van der Waals surface area contributed by atoms with E-state index in [0.717, 1.165) is 21.7 Å². The van der Waals surface area contributed by atoms with Gasteiger partial charge in [0, 0.05) is 10.6 Å². The van der Waals surface area contributed by atoms with Crippen LogP contribution >= 0.6 is 11.8 Å². The lowest BCUT2D eigenvalue weighted by Crippen LogP contribution is -2.20. The molecule has 0 saturated heterocycles. The van der Waals surface area contributed by atoms with E-state index in [-0.39, 0.29) is 12.5 Å². The van der Waals surface area contributed by atoms with Crippen LogP contribution in [0.3, 0.4) is 0 Å². The first-order valence-corrected chi connectivity index (χ1v) is 9.58. The van der Waals surface area contributed by atoms with E-state index in [9.17, 15) is 4.79 Å². The van der Waals surface area contributed by atoms with E-state index in [1.54, 1.807) is 23.9 Å². The molecule has 0 aromatic heterocycles. The zero-order valence-electron chi connectivity index (χ0n) is 14.8. The van der Waals surface area contributed by atoms with Gasteiger partial charge >= 0.3 is 0 Å². The van der Waals surface area contributed by atoms with E-state index in [1.165, 1.54) is 0 Å². The molecule has 0 heterocycles. The smallest absolute Gasteiger partial charge is 0.262 e. The number of hydrogen-bond donors (Lipinski definition) is 1. The Balaban J connectivity index is 1.56. The molecule has 0 spiro atoms. The van der Waals surface area contributed by atoms with Gasteiger partial charge in [-0.05, 0) is 59.8 Å².